The summed E-state index contributed by atoms with van der Waals surface area (Å²) in [4.78, 5) is 26.8. The maximum absolute atomic E-state index is 12.9. The van der Waals surface area contributed by atoms with Gasteiger partial charge in [0.15, 0.2) is 0 Å². The predicted octanol–water partition coefficient (Wildman–Crippen LogP) is 4.52. The molecule has 0 aliphatic heterocycles. The molecule has 1 aromatic rings. The van der Waals surface area contributed by atoms with Crippen LogP contribution in [0.1, 0.15) is 50.5 Å². The van der Waals surface area contributed by atoms with Crippen LogP contribution in [0, 0.1) is 24.2 Å². The van der Waals surface area contributed by atoms with E-state index in [4.69, 9.17) is 0 Å². The number of nitrogens with zero attached hydrogens (tertiary/aromatic N) is 1. The highest BCUT2D eigenvalue weighted by Crippen LogP contribution is 2.65. The maximum atomic E-state index is 12.9. The number of amides is 2. The minimum Gasteiger partial charge on any atom is -0.336 e. The molecule has 2 unspecified atom stereocenters. The van der Waals surface area contributed by atoms with Gasteiger partial charge < -0.3 is 10.2 Å². The number of hydrogen-bond donors (Lipinski definition) is 1. The first-order chi connectivity index (χ1) is 12.7. The van der Waals surface area contributed by atoms with Crippen LogP contribution in [0.25, 0.3) is 0 Å². The van der Waals surface area contributed by atoms with Gasteiger partial charge in [-0.3, -0.25) is 9.59 Å². The van der Waals surface area contributed by atoms with Gasteiger partial charge in [-0.2, -0.15) is 0 Å². The van der Waals surface area contributed by atoms with Crippen molar-refractivity contribution in [3.63, 3.8) is 0 Å². The lowest BCUT2D eigenvalue weighted by Crippen LogP contribution is -2.54. The Morgan fingerprint density at radius 2 is 1.78 bits per heavy atom. The van der Waals surface area contributed by atoms with E-state index in [1.54, 1.807) is 11.9 Å². The van der Waals surface area contributed by atoms with Gasteiger partial charge in [-0.15, -0.1) is 0 Å². The van der Waals surface area contributed by atoms with E-state index in [1.807, 2.05) is 31.2 Å². The quantitative estimate of drug-likeness (QED) is 0.695. The molecule has 27 heavy (non-hydrogen) atoms. The third kappa shape index (κ3) is 4.08. The topological polar surface area (TPSA) is 49.4 Å². The Morgan fingerprint density at radius 3 is 2.37 bits per heavy atom. The lowest BCUT2D eigenvalue weighted by molar-refractivity contribution is -0.139. The molecule has 4 bridgehead atoms. The van der Waals surface area contributed by atoms with Gasteiger partial charge in [0.05, 0.1) is 6.54 Å². The summed E-state index contributed by atoms with van der Waals surface area (Å²) >= 11 is 4.01. The molecule has 4 aliphatic carbocycles. The molecule has 2 amide bonds. The average molecular weight is 433 g/mol. The van der Waals surface area contributed by atoms with Crippen molar-refractivity contribution < 1.29 is 9.59 Å². The number of hydrogen-bond acceptors (Lipinski definition) is 2. The number of aryl methyl sites for hydroxylation is 1. The van der Waals surface area contributed by atoms with Gasteiger partial charge in [0.25, 0.3) is 0 Å². The fourth-order valence-electron chi connectivity index (χ4n) is 6.14. The van der Waals surface area contributed by atoms with Crippen LogP contribution >= 0.6 is 15.9 Å². The first-order valence-corrected chi connectivity index (χ1v) is 10.8. The van der Waals surface area contributed by atoms with Crippen LogP contribution in [0.15, 0.2) is 24.3 Å². The number of anilines is 1. The second-order valence-electron chi connectivity index (χ2n) is 9.45. The molecule has 4 fully saturated rings. The second kappa shape index (κ2) is 6.91. The summed E-state index contributed by atoms with van der Waals surface area (Å²) in [5, 5.41) is 2.88. The number of carbonyl (C=O) groups excluding carboxylic acids is 2. The van der Waals surface area contributed by atoms with Crippen molar-refractivity contribution in [2.45, 2.75) is 56.2 Å². The van der Waals surface area contributed by atoms with Gasteiger partial charge in [0.1, 0.15) is 0 Å². The van der Waals surface area contributed by atoms with Crippen molar-refractivity contribution in [3.8, 4) is 0 Å². The number of carbonyl (C=O) groups is 2. The molecular weight excluding hydrogens is 404 g/mol. The molecule has 0 saturated heterocycles. The van der Waals surface area contributed by atoms with Crippen molar-refractivity contribution >= 4 is 33.4 Å². The average Bonchev–Trinajstić information content (AvgIpc) is 2.54. The highest BCUT2D eigenvalue weighted by molar-refractivity contribution is 9.10. The van der Waals surface area contributed by atoms with Gasteiger partial charge in [-0.05, 0) is 74.8 Å². The summed E-state index contributed by atoms with van der Waals surface area (Å²) in [6.45, 7) is 2.12. The Balaban J connectivity index is 1.34. The first-order valence-electron chi connectivity index (χ1n) is 10.0. The zero-order valence-electron chi connectivity index (χ0n) is 16.3. The summed E-state index contributed by atoms with van der Waals surface area (Å²) in [7, 11) is 1.75. The number of nitrogens with one attached hydrogen (secondary N) is 1. The number of benzene rings is 1. The van der Waals surface area contributed by atoms with Gasteiger partial charge in [-0.1, -0.05) is 33.6 Å². The molecule has 1 aromatic carbocycles. The standard InChI is InChI=1S/C22H29BrN2O2/c1-15-3-5-18(6-4-15)24-19(26)13-25(2)20(27)12-21-8-16-7-17(9-21)11-22(23,10-16)14-21/h3-6,16-17H,7-14H2,1-2H3,(H,24,26). The Bertz CT molecular complexity index is 731. The van der Waals surface area contributed by atoms with Gasteiger partial charge in [0.2, 0.25) is 11.8 Å². The highest BCUT2D eigenvalue weighted by Gasteiger charge is 2.57. The van der Waals surface area contributed by atoms with E-state index in [-0.39, 0.29) is 28.1 Å². The molecule has 5 heteroatoms. The Labute approximate surface area is 170 Å². The van der Waals surface area contributed by atoms with Crippen LogP contribution in [0.2, 0.25) is 0 Å². The largest absolute Gasteiger partial charge is 0.336 e. The van der Waals surface area contributed by atoms with Gasteiger partial charge in [-0.25, -0.2) is 0 Å². The van der Waals surface area contributed by atoms with Gasteiger partial charge in [0, 0.05) is 23.5 Å². The summed E-state index contributed by atoms with van der Waals surface area (Å²) in [5.41, 5.74) is 2.07. The first kappa shape index (κ1) is 19.0. The Kier molecular flexibility index (Phi) is 4.86. The zero-order chi connectivity index (χ0) is 19.2. The molecule has 4 saturated carbocycles. The van der Waals surface area contributed by atoms with Crippen LogP contribution in [0.5, 0.6) is 0 Å². The molecule has 1 N–H and O–H groups in total. The molecule has 4 aliphatic rings. The molecule has 0 aromatic heterocycles. The van der Waals surface area contributed by atoms with E-state index in [2.05, 4.69) is 21.2 Å². The molecule has 146 valence electrons. The molecule has 4 nitrogen and oxygen atoms in total. The van der Waals surface area contributed by atoms with E-state index < -0.39 is 0 Å². The van der Waals surface area contributed by atoms with E-state index in [0.717, 1.165) is 29.5 Å². The fourth-order valence-corrected chi connectivity index (χ4v) is 7.65. The number of halogens is 1. The molecule has 0 radical (unpaired) electrons. The van der Waals surface area contributed by atoms with Crippen LogP contribution < -0.4 is 5.32 Å². The smallest absolute Gasteiger partial charge is 0.243 e. The molecule has 5 rings (SSSR count). The van der Waals surface area contributed by atoms with Crippen LogP contribution in [-0.4, -0.2) is 34.6 Å². The summed E-state index contributed by atoms with van der Waals surface area (Å²) in [5.74, 6) is 1.51. The maximum Gasteiger partial charge on any atom is 0.243 e. The second-order valence-corrected chi connectivity index (χ2v) is 11.1. The number of alkyl halides is 1. The zero-order valence-corrected chi connectivity index (χ0v) is 17.8. The van der Waals surface area contributed by atoms with E-state index >= 15 is 0 Å². The van der Waals surface area contributed by atoms with Crippen LogP contribution in [0.4, 0.5) is 5.69 Å². The monoisotopic (exact) mass is 432 g/mol. The van der Waals surface area contributed by atoms with Crippen molar-refractivity contribution in [1.82, 2.24) is 4.90 Å². The number of rotatable bonds is 5. The lowest BCUT2D eigenvalue weighted by Gasteiger charge is -2.60. The lowest BCUT2D eigenvalue weighted by atomic mass is 9.48. The third-order valence-electron chi connectivity index (χ3n) is 6.78. The third-order valence-corrected chi connectivity index (χ3v) is 7.71. The molecule has 0 spiro atoms. The minimum absolute atomic E-state index is 0.104. The normalized spacial score (nSPS) is 33.7. The van der Waals surface area contributed by atoms with E-state index in [9.17, 15) is 9.59 Å². The van der Waals surface area contributed by atoms with Crippen molar-refractivity contribution in [2.75, 3.05) is 18.9 Å². The van der Waals surface area contributed by atoms with Crippen molar-refractivity contribution in [3.05, 3.63) is 29.8 Å². The molecule has 0 heterocycles. The van der Waals surface area contributed by atoms with Gasteiger partial charge >= 0.3 is 0 Å². The fraction of sp³-hybridized carbons (Fsp3) is 0.636. The van der Waals surface area contributed by atoms with E-state index in [0.29, 0.717) is 6.42 Å². The van der Waals surface area contributed by atoms with Crippen molar-refractivity contribution in [1.29, 1.82) is 0 Å². The highest BCUT2D eigenvalue weighted by atomic mass is 79.9. The molecular formula is C22H29BrN2O2. The minimum atomic E-state index is -0.142. The van der Waals surface area contributed by atoms with Crippen molar-refractivity contribution in [2.24, 2.45) is 17.3 Å². The number of likely N-dealkylation sites (N-methyl/N-ethyl adjacent to an activating group) is 1. The van der Waals surface area contributed by atoms with Crippen LogP contribution in [-0.2, 0) is 9.59 Å². The van der Waals surface area contributed by atoms with Crippen LogP contribution in [0.3, 0.4) is 0 Å². The Morgan fingerprint density at radius 1 is 1.15 bits per heavy atom. The SMILES string of the molecule is Cc1ccc(NC(=O)CN(C)C(=O)CC23CC4CC(CC(Br)(C4)C2)C3)cc1. The summed E-state index contributed by atoms with van der Waals surface area (Å²) in [6, 6.07) is 7.71. The Hall–Kier alpha value is -1.36. The van der Waals surface area contributed by atoms with E-state index in [1.165, 1.54) is 32.1 Å². The summed E-state index contributed by atoms with van der Waals surface area (Å²) in [6.07, 6.45) is 7.96. The molecule has 2 atom stereocenters. The summed E-state index contributed by atoms with van der Waals surface area (Å²) < 4.78 is 0.263. The predicted molar refractivity (Wildman–Crippen MR) is 111 cm³/mol.